The van der Waals surface area contributed by atoms with Gasteiger partial charge in [-0.1, -0.05) is 17.7 Å². The number of hydrogen-bond acceptors (Lipinski definition) is 4. The molecule has 168 valence electrons. The van der Waals surface area contributed by atoms with E-state index in [0.29, 0.717) is 34.2 Å². The van der Waals surface area contributed by atoms with E-state index in [9.17, 15) is 9.59 Å². The number of aromatic nitrogens is 1. The summed E-state index contributed by atoms with van der Waals surface area (Å²) < 4.78 is 0. The number of pyridine rings is 1. The van der Waals surface area contributed by atoms with Crippen LogP contribution in [0.2, 0.25) is 5.15 Å². The largest absolute Gasteiger partial charge is 0.397 e. The Morgan fingerprint density at radius 1 is 1.03 bits per heavy atom. The van der Waals surface area contributed by atoms with Gasteiger partial charge in [0.1, 0.15) is 5.15 Å². The number of rotatable bonds is 6. The molecule has 4 fully saturated rings. The SMILES string of the molecule is Nc1cc(NC(=O)CC23CC4CC(CC(C4)C2)C3)ccc1NC(=O)Cc1cccnc1Cl. The smallest absolute Gasteiger partial charge is 0.228 e. The van der Waals surface area contributed by atoms with E-state index in [1.807, 2.05) is 0 Å². The minimum Gasteiger partial charge on any atom is -0.397 e. The monoisotopic (exact) mass is 452 g/mol. The van der Waals surface area contributed by atoms with Crippen molar-refractivity contribution in [1.82, 2.24) is 4.98 Å². The third kappa shape index (κ3) is 4.46. The number of carbonyl (C=O) groups excluding carboxylic acids is 2. The number of halogens is 1. The molecule has 4 aliphatic carbocycles. The number of hydrogen-bond donors (Lipinski definition) is 3. The normalized spacial score (nSPS) is 27.8. The van der Waals surface area contributed by atoms with Crippen molar-refractivity contribution in [2.45, 2.75) is 51.4 Å². The Morgan fingerprint density at radius 3 is 2.34 bits per heavy atom. The maximum atomic E-state index is 12.9. The van der Waals surface area contributed by atoms with Gasteiger partial charge in [-0.2, -0.15) is 0 Å². The molecular weight excluding hydrogens is 424 g/mol. The van der Waals surface area contributed by atoms with Crippen LogP contribution < -0.4 is 16.4 Å². The molecule has 0 unspecified atom stereocenters. The molecule has 0 saturated heterocycles. The first-order valence-corrected chi connectivity index (χ1v) is 11.8. The topological polar surface area (TPSA) is 97.1 Å². The molecule has 0 spiro atoms. The van der Waals surface area contributed by atoms with Gasteiger partial charge in [-0.05, 0) is 91.5 Å². The van der Waals surface area contributed by atoms with Crippen LogP contribution in [0.4, 0.5) is 17.1 Å². The van der Waals surface area contributed by atoms with Gasteiger partial charge in [0.25, 0.3) is 0 Å². The third-order valence-corrected chi connectivity index (χ3v) is 7.84. The van der Waals surface area contributed by atoms with Crippen molar-refractivity contribution >= 4 is 40.5 Å². The van der Waals surface area contributed by atoms with E-state index in [1.54, 1.807) is 36.5 Å². The summed E-state index contributed by atoms with van der Waals surface area (Å²) in [5, 5.41) is 6.15. The second-order valence-corrected chi connectivity index (χ2v) is 10.5. The molecule has 4 bridgehead atoms. The zero-order valence-electron chi connectivity index (χ0n) is 18.1. The van der Waals surface area contributed by atoms with Gasteiger partial charge >= 0.3 is 0 Å². The van der Waals surface area contributed by atoms with Crippen molar-refractivity contribution in [2.24, 2.45) is 23.2 Å². The lowest BCUT2D eigenvalue weighted by molar-refractivity contribution is -0.124. The van der Waals surface area contributed by atoms with Gasteiger partial charge in [-0.25, -0.2) is 4.98 Å². The summed E-state index contributed by atoms with van der Waals surface area (Å²) >= 11 is 6.03. The number of nitrogen functional groups attached to an aromatic ring is 1. The van der Waals surface area contributed by atoms with E-state index in [-0.39, 0.29) is 23.7 Å². The van der Waals surface area contributed by atoms with Crippen LogP contribution in [-0.4, -0.2) is 16.8 Å². The van der Waals surface area contributed by atoms with Gasteiger partial charge in [-0.3, -0.25) is 9.59 Å². The number of amides is 2. The van der Waals surface area contributed by atoms with Crippen LogP contribution in [0.1, 0.15) is 50.5 Å². The Hall–Kier alpha value is -2.60. The Balaban J connectivity index is 1.19. The second-order valence-electron chi connectivity index (χ2n) is 10.1. The average Bonchev–Trinajstić information content (AvgIpc) is 2.70. The Bertz CT molecular complexity index is 1020. The Morgan fingerprint density at radius 2 is 1.72 bits per heavy atom. The highest BCUT2D eigenvalue weighted by Crippen LogP contribution is 2.61. The highest BCUT2D eigenvalue weighted by Gasteiger charge is 2.51. The van der Waals surface area contributed by atoms with Crippen LogP contribution in [0.3, 0.4) is 0 Å². The first kappa shape index (κ1) is 21.3. The summed E-state index contributed by atoms with van der Waals surface area (Å²) in [6.45, 7) is 0. The number of nitrogens with one attached hydrogen (secondary N) is 2. The molecule has 32 heavy (non-hydrogen) atoms. The molecule has 4 aliphatic rings. The average molecular weight is 453 g/mol. The fraction of sp³-hybridized carbons (Fsp3) is 0.480. The van der Waals surface area contributed by atoms with Crippen molar-refractivity contribution in [3.8, 4) is 0 Å². The molecule has 1 aromatic heterocycles. The van der Waals surface area contributed by atoms with Gasteiger partial charge in [0.15, 0.2) is 0 Å². The molecular formula is C25H29ClN4O2. The Kier molecular flexibility index (Phi) is 5.58. The molecule has 2 aromatic rings. The second kappa shape index (κ2) is 8.39. The summed E-state index contributed by atoms with van der Waals surface area (Å²) in [6, 6.07) is 8.70. The highest BCUT2D eigenvalue weighted by molar-refractivity contribution is 6.30. The van der Waals surface area contributed by atoms with Crippen molar-refractivity contribution in [2.75, 3.05) is 16.4 Å². The quantitative estimate of drug-likeness (QED) is 0.422. The van der Waals surface area contributed by atoms with Crippen LogP contribution in [0.25, 0.3) is 0 Å². The molecule has 0 aliphatic heterocycles. The lowest BCUT2D eigenvalue weighted by atomic mass is 9.49. The van der Waals surface area contributed by atoms with Crippen molar-refractivity contribution in [3.63, 3.8) is 0 Å². The van der Waals surface area contributed by atoms with Gasteiger partial charge < -0.3 is 16.4 Å². The number of carbonyl (C=O) groups is 2. The predicted octanol–water partition coefficient (Wildman–Crippen LogP) is 5.04. The van der Waals surface area contributed by atoms with E-state index >= 15 is 0 Å². The molecule has 7 heteroatoms. The van der Waals surface area contributed by atoms with Gasteiger partial charge in [0.05, 0.1) is 17.8 Å². The van der Waals surface area contributed by atoms with Crippen LogP contribution in [0.15, 0.2) is 36.5 Å². The van der Waals surface area contributed by atoms with Gasteiger partial charge in [0.2, 0.25) is 11.8 Å². The van der Waals surface area contributed by atoms with Crippen LogP contribution in [0, 0.1) is 23.2 Å². The molecule has 0 atom stereocenters. The predicted molar refractivity (Wildman–Crippen MR) is 126 cm³/mol. The van der Waals surface area contributed by atoms with E-state index in [0.717, 1.165) is 17.8 Å². The summed E-state index contributed by atoms with van der Waals surface area (Å²) in [5.74, 6) is 2.32. The third-order valence-electron chi connectivity index (χ3n) is 7.50. The maximum absolute atomic E-state index is 12.9. The molecule has 4 saturated carbocycles. The number of anilines is 3. The van der Waals surface area contributed by atoms with Gasteiger partial charge in [0, 0.05) is 18.3 Å². The number of nitrogens with two attached hydrogens (primary N) is 1. The molecule has 4 N–H and O–H groups in total. The summed E-state index contributed by atoms with van der Waals surface area (Å²) in [4.78, 5) is 29.2. The molecule has 0 radical (unpaired) electrons. The zero-order chi connectivity index (χ0) is 22.3. The molecule has 2 amide bonds. The summed E-state index contributed by atoms with van der Waals surface area (Å²) in [6.07, 6.45) is 10.0. The summed E-state index contributed by atoms with van der Waals surface area (Å²) in [5.41, 5.74) is 8.58. The van der Waals surface area contributed by atoms with E-state index < -0.39 is 0 Å². The highest BCUT2D eigenvalue weighted by atomic mass is 35.5. The lowest BCUT2D eigenvalue weighted by Gasteiger charge is -2.56. The molecule has 1 aromatic carbocycles. The van der Waals surface area contributed by atoms with E-state index in [2.05, 4.69) is 15.6 Å². The molecule has 1 heterocycles. The summed E-state index contributed by atoms with van der Waals surface area (Å²) in [7, 11) is 0. The first-order chi connectivity index (χ1) is 15.4. The fourth-order valence-electron chi connectivity index (χ4n) is 6.73. The van der Waals surface area contributed by atoms with Crippen LogP contribution >= 0.6 is 11.6 Å². The Labute approximate surface area is 193 Å². The first-order valence-electron chi connectivity index (χ1n) is 11.5. The van der Waals surface area contributed by atoms with Crippen molar-refractivity contribution < 1.29 is 9.59 Å². The number of benzene rings is 1. The van der Waals surface area contributed by atoms with Crippen LogP contribution in [-0.2, 0) is 16.0 Å². The van der Waals surface area contributed by atoms with E-state index in [4.69, 9.17) is 17.3 Å². The minimum atomic E-state index is -0.231. The standard InChI is InChI=1S/C25H29ClN4O2/c26-24-18(2-1-5-28-24)9-22(31)30-21-4-3-19(10-20(21)27)29-23(32)14-25-11-15-6-16(12-25)8-17(7-15)13-25/h1-5,10,15-17H,6-9,11-14,27H2,(H,29,32)(H,30,31). The molecule has 6 nitrogen and oxygen atoms in total. The van der Waals surface area contributed by atoms with Crippen molar-refractivity contribution in [3.05, 3.63) is 47.2 Å². The number of nitrogens with zero attached hydrogens (tertiary/aromatic N) is 1. The zero-order valence-corrected chi connectivity index (χ0v) is 18.8. The van der Waals surface area contributed by atoms with Gasteiger partial charge in [-0.15, -0.1) is 0 Å². The van der Waals surface area contributed by atoms with Crippen LogP contribution in [0.5, 0.6) is 0 Å². The lowest BCUT2D eigenvalue weighted by Crippen LogP contribution is -2.47. The van der Waals surface area contributed by atoms with Crippen molar-refractivity contribution in [1.29, 1.82) is 0 Å². The molecule has 6 rings (SSSR count). The maximum Gasteiger partial charge on any atom is 0.228 e. The minimum absolute atomic E-state index is 0.0642. The van der Waals surface area contributed by atoms with E-state index in [1.165, 1.54) is 38.5 Å². The fourth-order valence-corrected chi connectivity index (χ4v) is 6.91.